The summed E-state index contributed by atoms with van der Waals surface area (Å²) >= 11 is 3.30. The molecule has 4 fully saturated rings. The van der Waals surface area contributed by atoms with Gasteiger partial charge in [0.1, 0.15) is 5.75 Å². The number of carbonyl (C=O) groups excluding carboxylic acids is 1. The standard InChI is InChI=1S/C68H77N7O4S2/c1-4-9-43-14-20-55(80-43)56-21-22-57(81-56)63(78)51-26-28-66-27-25-50-61(67(37-68(50,51)36-66)29-24-40(33-70-3)52(67)35-76)47-17-15-44-41(31-59(66)75-64(69)73-42-11-6-5-7-12-42)30-54(77)49-19-23-58(74-62(44)49)65(2,79)32-39-10-8-13-46-45(47)16-18-48(60(39)46)53-34-71-38-72-53/h8,10,13-14,19-23,25,27,30,34,38,40,42,45,47-48,50-52,58-59,61,70,74,76-77,79H,5-7,11-12,16,18,24,26,28-29,31-33,35-37H2,1-3H3,(H,71,72)(H3,69,73,75). The second-order valence-corrected chi connectivity index (χ2v) is 28.3. The van der Waals surface area contributed by atoms with Gasteiger partial charge in [0.15, 0.2) is 11.7 Å². The van der Waals surface area contributed by atoms with Gasteiger partial charge in [-0.3, -0.25) is 4.79 Å². The molecule has 2 aliphatic heterocycles. The van der Waals surface area contributed by atoms with Crippen molar-refractivity contribution in [1.82, 2.24) is 20.6 Å². The highest BCUT2D eigenvalue weighted by molar-refractivity contribution is 7.23. The molecule has 13 heteroatoms. The van der Waals surface area contributed by atoms with E-state index < -0.39 is 22.5 Å². The van der Waals surface area contributed by atoms with Crippen molar-refractivity contribution < 1.29 is 20.1 Å². The summed E-state index contributed by atoms with van der Waals surface area (Å²) in [5.41, 5.74) is 12.4. The van der Waals surface area contributed by atoms with Gasteiger partial charge < -0.3 is 42.0 Å². The number of allylic oxidation sites excluding steroid dienone is 1. The monoisotopic (exact) mass is 1120 g/mol. The highest BCUT2D eigenvalue weighted by Gasteiger charge is 2.73. The molecule has 420 valence electrons. The van der Waals surface area contributed by atoms with Crippen LogP contribution >= 0.6 is 22.7 Å². The maximum atomic E-state index is 16.3. The molecule has 0 saturated heterocycles. The SMILES string of the molecule is CC#Cc1ccc(-c2ccc(C(=O)C3CCC45C=CC6C(C7C#Cc8c(cc(O)c9c8NC(C=C9)C(C)(O)Cc8cccc9c8C(c8cnc[nH]8)CCC97)CC4N=C(N)NC4CCCCC4)C4(CCC(CNC)C4CO)CC36C5)s2)s1. The molecule has 11 bridgehead atoms. The summed E-state index contributed by atoms with van der Waals surface area (Å²) in [5.74, 6) is 15.1. The largest absolute Gasteiger partial charge is 0.507 e. The van der Waals surface area contributed by atoms with E-state index in [2.05, 4.69) is 104 Å². The number of aliphatic imine (C=N–C) groups is 1. The number of anilines is 1. The lowest BCUT2D eigenvalue weighted by Crippen LogP contribution is -2.54. The van der Waals surface area contributed by atoms with E-state index in [9.17, 15) is 15.3 Å². The average molecular weight is 1120 g/mol. The number of phenols is 1. The molecule has 3 spiro atoms. The highest BCUT2D eigenvalue weighted by Crippen LogP contribution is 2.77. The van der Waals surface area contributed by atoms with Crippen LogP contribution in [0.2, 0.25) is 0 Å². The summed E-state index contributed by atoms with van der Waals surface area (Å²) < 4.78 is 0. The van der Waals surface area contributed by atoms with Crippen molar-refractivity contribution in [2.45, 2.75) is 146 Å². The minimum absolute atomic E-state index is 0.00995. The zero-order valence-corrected chi connectivity index (χ0v) is 48.6. The molecule has 9 aliphatic rings. The lowest BCUT2D eigenvalue weighted by molar-refractivity contribution is -0.0196. The number of benzene rings is 2. The number of aliphatic hydroxyl groups excluding tert-OH is 1. The van der Waals surface area contributed by atoms with E-state index in [0.29, 0.717) is 30.8 Å². The van der Waals surface area contributed by atoms with Gasteiger partial charge in [0.25, 0.3) is 0 Å². The molecule has 0 amide bonds. The molecule has 4 saturated carbocycles. The smallest absolute Gasteiger partial charge is 0.189 e. The van der Waals surface area contributed by atoms with Gasteiger partial charge in [-0.05, 0) is 191 Å². The number of Topliss-reactive ketones (excluding diaryl/α,β-unsaturated/α-hetero) is 1. The van der Waals surface area contributed by atoms with Crippen molar-refractivity contribution in [2.24, 2.45) is 62.5 Å². The van der Waals surface area contributed by atoms with Crippen LogP contribution in [0.25, 0.3) is 15.8 Å². The summed E-state index contributed by atoms with van der Waals surface area (Å²) in [4.78, 5) is 34.1. The number of nitrogens with two attached hydrogens (primary N) is 1. The number of phenolic OH excluding ortho intramolecular Hbond substituents is 1. The molecular weight excluding hydrogens is 1040 g/mol. The number of fused-ring (bicyclic) bond motifs is 5. The number of thiophene rings is 2. The Labute approximate surface area is 485 Å². The lowest BCUT2D eigenvalue weighted by atomic mass is 9.47. The third-order valence-electron chi connectivity index (χ3n) is 22.0. The number of aromatic hydroxyl groups is 1. The van der Waals surface area contributed by atoms with Gasteiger partial charge in [-0.1, -0.05) is 79.5 Å². The van der Waals surface area contributed by atoms with Gasteiger partial charge in [-0.2, -0.15) is 0 Å². The maximum Gasteiger partial charge on any atom is 0.189 e. The third kappa shape index (κ3) is 8.64. The van der Waals surface area contributed by atoms with Gasteiger partial charge in [0.05, 0.1) is 45.0 Å². The van der Waals surface area contributed by atoms with Gasteiger partial charge in [-0.25, -0.2) is 9.98 Å². The van der Waals surface area contributed by atoms with E-state index in [-0.39, 0.29) is 83.0 Å². The van der Waals surface area contributed by atoms with Gasteiger partial charge in [0.2, 0.25) is 0 Å². The summed E-state index contributed by atoms with van der Waals surface area (Å²) in [6, 6.07) is 16.5. The number of hydrogen-bond donors (Lipinski definition) is 8. The molecule has 3 aromatic heterocycles. The number of nitrogens with one attached hydrogen (secondary N) is 4. The number of ketones is 1. The van der Waals surface area contributed by atoms with E-state index in [1.165, 1.54) is 17.5 Å². The topological polar surface area (TPSA) is 181 Å². The summed E-state index contributed by atoms with van der Waals surface area (Å²) in [6.45, 7) is 4.67. The van der Waals surface area contributed by atoms with Gasteiger partial charge >= 0.3 is 0 Å². The van der Waals surface area contributed by atoms with Crippen LogP contribution in [0.1, 0.15) is 163 Å². The van der Waals surface area contributed by atoms with Crippen molar-refractivity contribution in [2.75, 3.05) is 25.5 Å². The Kier molecular flexibility index (Phi) is 13.4. The van der Waals surface area contributed by atoms with E-state index >= 15 is 4.79 Å². The molecule has 5 aromatic rings. The highest BCUT2D eigenvalue weighted by atomic mass is 32.1. The third-order valence-corrected chi connectivity index (χ3v) is 24.3. The quantitative estimate of drug-likeness (QED) is 0.0234. The molecule has 0 radical (unpaired) electrons. The van der Waals surface area contributed by atoms with Crippen molar-refractivity contribution >= 4 is 46.2 Å². The van der Waals surface area contributed by atoms with Gasteiger partial charge in [0, 0.05) is 69.4 Å². The fraction of sp³-hybridized carbons (Fsp3) is 0.515. The van der Waals surface area contributed by atoms with Crippen LogP contribution in [-0.2, 0) is 12.8 Å². The van der Waals surface area contributed by atoms with Crippen LogP contribution in [0.3, 0.4) is 0 Å². The fourth-order valence-corrected chi connectivity index (χ4v) is 20.7. The summed E-state index contributed by atoms with van der Waals surface area (Å²) in [6.07, 6.45) is 26.0. The first-order chi connectivity index (χ1) is 39.4. The number of hydrogen-bond acceptors (Lipinski definition) is 10. The molecule has 81 heavy (non-hydrogen) atoms. The number of aromatic amines is 1. The maximum absolute atomic E-state index is 16.3. The molecule has 14 atom stereocenters. The fourth-order valence-electron chi connectivity index (χ4n) is 18.7. The second kappa shape index (κ2) is 20.4. The zero-order valence-electron chi connectivity index (χ0n) is 47.0. The lowest BCUT2D eigenvalue weighted by Gasteiger charge is -2.57. The van der Waals surface area contributed by atoms with Crippen molar-refractivity contribution in [3.63, 3.8) is 0 Å². The van der Waals surface area contributed by atoms with E-state index in [1.54, 1.807) is 29.0 Å². The minimum Gasteiger partial charge on any atom is -0.507 e. The number of aliphatic hydroxyl groups is 2. The first-order valence-electron chi connectivity index (χ1n) is 30.2. The number of guanidine groups is 1. The molecule has 5 heterocycles. The number of aromatic nitrogens is 2. The Morgan fingerprint density at radius 2 is 1.84 bits per heavy atom. The van der Waals surface area contributed by atoms with Crippen molar-refractivity contribution in [3.8, 4) is 39.2 Å². The Morgan fingerprint density at radius 1 is 0.988 bits per heavy atom. The predicted molar refractivity (Wildman–Crippen MR) is 324 cm³/mol. The number of carbonyl (C=O) groups is 1. The van der Waals surface area contributed by atoms with E-state index in [0.717, 1.165) is 125 Å². The zero-order chi connectivity index (χ0) is 55.4. The van der Waals surface area contributed by atoms with Crippen molar-refractivity contribution in [1.29, 1.82) is 0 Å². The first kappa shape index (κ1) is 53.1. The molecule has 14 rings (SSSR count). The van der Waals surface area contributed by atoms with Crippen LogP contribution in [0.15, 0.2) is 84.3 Å². The Balaban J connectivity index is 1.03. The number of imidazole rings is 1. The molecule has 14 unspecified atom stereocenters. The Hall–Kier alpha value is -5.93. The van der Waals surface area contributed by atoms with Crippen LogP contribution < -0.4 is 21.7 Å². The number of H-pyrrole nitrogens is 1. The molecule has 9 N–H and O–H groups in total. The summed E-state index contributed by atoms with van der Waals surface area (Å²) in [5, 5.41) is 48.7. The predicted octanol–water partition coefficient (Wildman–Crippen LogP) is 11.3. The Morgan fingerprint density at radius 3 is 2.65 bits per heavy atom. The van der Waals surface area contributed by atoms with Crippen LogP contribution in [0.4, 0.5) is 5.69 Å². The van der Waals surface area contributed by atoms with E-state index in [4.69, 9.17) is 10.7 Å². The minimum atomic E-state index is -1.25. The van der Waals surface area contributed by atoms with Gasteiger partial charge in [-0.15, -0.1) is 28.6 Å². The molecule has 11 nitrogen and oxygen atoms in total. The van der Waals surface area contributed by atoms with Crippen molar-refractivity contribution in [3.05, 3.63) is 128 Å². The number of nitrogens with zero attached hydrogens (tertiary/aromatic N) is 2. The summed E-state index contributed by atoms with van der Waals surface area (Å²) in [7, 11) is 2.04. The normalized spacial score (nSPS) is 35.1. The van der Waals surface area contributed by atoms with Crippen LogP contribution in [0, 0.1) is 75.4 Å². The van der Waals surface area contributed by atoms with Crippen LogP contribution in [-0.4, -0.2) is 81.0 Å². The Bertz CT molecular complexity index is 3510. The van der Waals surface area contributed by atoms with E-state index in [1.807, 2.05) is 45.3 Å². The molecule has 2 aromatic carbocycles. The van der Waals surface area contributed by atoms with Crippen LogP contribution in [0.5, 0.6) is 5.75 Å². The first-order valence-corrected chi connectivity index (χ1v) is 31.9. The average Bonchev–Trinajstić information content (AvgIpc) is 2.02. The molecular formula is C68H77N7O4S2. The second-order valence-electron chi connectivity index (χ2n) is 26.2. The number of rotatable bonds is 9. The molecule has 7 aliphatic carbocycles.